The van der Waals surface area contributed by atoms with Crippen molar-refractivity contribution >= 4 is 10.9 Å². The second kappa shape index (κ2) is 4.83. The van der Waals surface area contributed by atoms with Gasteiger partial charge in [-0.2, -0.15) is 5.26 Å². The predicted octanol–water partition coefficient (Wildman–Crippen LogP) is 2.93. The molecule has 1 aliphatic rings. The van der Waals surface area contributed by atoms with Crippen LogP contribution in [0.2, 0.25) is 0 Å². The van der Waals surface area contributed by atoms with Crippen LogP contribution in [0.4, 0.5) is 0 Å². The van der Waals surface area contributed by atoms with E-state index < -0.39 is 0 Å². The number of nitriles is 1. The number of hydrogen-bond acceptors (Lipinski definition) is 2. The Hall–Kier alpha value is -1.79. The van der Waals surface area contributed by atoms with Gasteiger partial charge in [-0.25, -0.2) is 0 Å². The van der Waals surface area contributed by atoms with E-state index in [2.05, 4.69) is 16.4 Å². The van der Waals surface area contributed by atoms with E-state index >= 15 is 0 Å². The van der Waals surface area contributed by atoms with Crippen molar-refractivity contribution in [1.82, 2.24) is 10.3 Å². The smallest absolute Gasteiger partial charge is 0.0992 e. The van der Waals surface area contributed by atoms with Gasteiger partial charge in [-0.3, -0.25) is 0 Å². The number of rotatable bonds is 4. The summed E-state index contributed by atoms with van der Waals surface area (Å²) in [6.45, 7) is 2.03. The first kappa shape index (κ1) is 11.3. The highest BCUT2D eigenvalue weighted by atomic mass is 14.9. The maximum Gasteiger partial charge on any atom is 0.0992 e. The largest absolute Gasteiger partial charge is 0.361 e. The van der Waals surface area contributed by atoms with E-state index in [0.717, 1.165) is 24.5 Å². The summed E-state index contributed by atoms with van der Waals surface area (Å²) in [6, 6.07) is 7.99. The Balaban J connectivity index is 1.70. The summed E-state index contributed by atoms with van der Waals surface area (Å²) >= 11 is 0. The number of benzene rings is 1. The van der Waals surface area contributed by atoms with Crippen LogP contribution in [0.15, 0.2) is 24.4 Å². The monoisotopic (exact) mass is 239 g/mol. The summed E-state index contributed by atoms with van der Waals surface area (Å²) in [5.41, 5.74) is 3.04. The first-order valence-corrected chi connectivity index (χ1v) is 6.57. The summed E-state index contributed by atoms with van der Waals surface area (Å²) in [7, 11) is 0. The number of aromatic nitrogens is 1. The summed E-state index contributed by atoms with van der Waals surface area (Å²) in [6.07, 6.45) is 6.20. The molecule has 1 aromatic carbocycles. The number of fused-ring (bicyclic) bond motifs is 1. The Morgan fingerprint density at radius 1 is 1.39 bits per heavy atom. The van der Waals surface area contributed by atoms with E-state index in [4.69, 9.17) is 5.26 Å². The van der Waals surface area contributed by atoms with Crippen LogP contribution < -0.4 is 5.32 Å². The Kier molecular flexibility index (Phi) is 3.04. The molecular formula is C15H17N3. The van der Waals surface area contributed by atoms with Crippen LogP contribution in [-0.2, 0) is 6.54 Å². The molecule has 1 aromatic heterocycles. The fourth-order valence-electron chi connectivity index (χ4n) is 2.51. The Morgan fingerprint density at radius 3 is 3.00 bits per heavy atom. The fourth-order valence-corrected chi connectivity index (χ4v) is 2.51. The number of nitrogens with one attached hydrogen (secondary N) is 2. The van der Waals surface area contributed by atoms with Gasteiger partial charge in [0.2, 0.25) is 0 Å². The number of hydrogen-bond donors (Lipinski definition) is 2. The zero-order valence-corrected chi connectivity index (χ0v) is 10.4. The lowest BCUT2D eigenvalue weighted by Crippen LogP contribution is -2.26. The van der Waals surface area contributed by atoms with Gasteiger partial charge in [0.05, 0.1) is 11.6 Å². The summed E-state index contributed by atoms with van der Waals surface area (Å²) < 4.78 is 0. The molecule has 2 N–H and O–H groups in total. The lowest BCUT2D eigenvalue weighted by Gasteiger charge is -2.25. The highest BCUT2D eigenvalue weighted by Gasteiger charge is 2.16. The van der Waals surface area contributed by atoms with Crippen LogP contribution >= 0.6 is 0 Å². The first-order chi connectivity index (χ1) is 8.86. The molecule has 0 aliphatic heterocycles. The molecule has 3 nitrogen and oxygen atoms in total. The fraction of sp³-hybridized carbons (Fsp3) is 0.400. The van der Waals surface area contributed by atoms with Crippen molar-refractivity contribution in [2.24, 2.45) is 5.92 Å². The minimum Gasteiger partial charge on any atom is -0.361 e. The average Bonchev–Trinajstić information content (AvgIpc) is 2.74. The topological polar surface area (TPSA) is 51.6 Å². The van der Waals surface area contributed by atoms with Gasteiger partial charge < -0.3 is 10.3 Å². The van der Waals surface area contributed by atoms with E-state index in [1.54, 1.807) is 0 Å². The van der Waals surface area contributed by atoms with Gasteiger partial charge in [-0.05, 0) is 43.0 Å². The molecule has 18 heavy (non-hydrogen) atoms. The van der Waals surface area contributed by atoms with Crippen molar-refractivity contribution in [2.75, 3.05) is 6.54 Å². The lowest BCUT2D eigenvalue weighted by atomic mass is 9.85. The second-order valence-corrected chi connectivity index (χ2v) is 5.11. The standard InChI is InChI=1S/C15H17N3/c16-7-12-4-5-14-13(10-18-15(14)6-12)9-17-8-11-2-1-3-11/h4-6,10-11,17-18H,1-3,8-9H2. The molecule has 1 aliphatic carbocycles. The predicted molar refractivity (Wildman–Crippen MR) is 72.1 cm³/mol. The quantitative estimate of drug-likeness (QED) is 0.862. The van der Waals surface area contributed by atoms with E-state index in [0.29, 0.717) is 5.56 Å². The molecule has 3 rings (SSSR count). The Morgan fingerprint density at radius 2 is 2.28 bits per heavy atom. The molecule has 92 valence electrons. The van der Waals surface area contributed by atoms with E-state index in [-0.39, 0.29) is 0 Å². The van der Waals surface area contributed by atoms with Gasteiger partial charge in [0.1, 0.15) is 0 Å². The summed E-state index contributed by atoms with van der Waals surface area (Å²) in [5, 5.41) is 13.6. The number of aromatic amines is 1. The van der Waals surface area contributed by atoms with Crippen molar-refractivity contribution in [3.63, 3.8) is 0 Å². The third-order valence-corrected chi connectivity index (χ3v) is 3.87. The van der Waals surface area contributed by atoms with E-state index in [1.165, 1.54) is 30.2 Å². The minimum absolute atomic E-state index is 0.707. The molecule has 0 unspecified atom stereocenters. The highest BCUT2D eigenvalue weighted by Crippen LogP contribution is 2.25. The van der Waals surface area contributed by atoms with Gasteiger partial charge in [0.15, 0.2) is 0 Å². The SMILES string of the molecule is N#Cc1ccc2c(CNCC3CCC3)c[nH]c2c1. The third-order valence-electron chi connectivity index (χ3n) is 3.87. The molecule has 0 radical (unpaired) electrons. The minimum atomic E-state index is 0.707. The van der Waals surface area contributed by atoms with Crippen LogP contribution in [0.3, 0.4) is 0 Å². The molecule has 3 heteroatoms. The average molecular weight is 239 g/mol. The molecule has 1 fully saturated rings. The van der Waals surface area contributed by atoms with Gasteiger partial charge in [-0.15, -0.1) is 0 Å². The molecular weight excluding hydrogens is 222 g/mol. The zero-order valence-electron chi connectivity index (χ0n) is 10.4. The van der Waals surface area contributed by atoms with Crippen LogP contribution in [0.5, 0.6) is 0 Å². The van der Waals surface area contributed by atoms with Crippen LogP contribution in [0.1, 0.15) is 30.4 Å². The maximum atomic E-state index is 8.86. The van der Waals surface area contributed by atoms with E-state index in [9.17, 15) is 0 Å². The molecule has 0 bridgehead atoms. The van der Waals surface area contributed by atoms with Crippen molar-refractivity contribution in [2.45, 2.75) is 25.8 Å². The normalized spacial score (nSPS) is 15.5. The number of nitrogens with zero attached hydrogens (tertiary/aromatic N) is 1. The summed E-state index contributed by atoms with van der Waals surface area (Å²) in [5.74, 6) is 0.889. The Labute approximate surface area is 107 Å². The maximum absolute atomic E-state index is 8.86. The van der Waals surface area contributed by atoms with Crippen molar-refractivity contribution < 1.29 is 0 Å². The molecule has 0 spiro atoms. The van der Waals surface area contributed by atoms with Crippen molar-refractivity contribution in [1.29, 1.82) is 5.26 Å². The highest BCUT2D eigenvalue weighted by molar-refractivity contribution is 5.84. The lowest BCUT2D eigenvalue weighted by molar-refractivity contribution is 0.301. The molecule has 2 aromatic rings. The first-order valence-electron chi connectivity index (χ1n) is 6.57. The Bertz CT molecular complexity index is 587. The van der Waals surface area contributed by atoms with Gasteiger partial charge in [0.25, 0.3) is 0 Å². The molecule has 1 heterocycles. The van der Waals surface area contributed by atoms with E-state index in [1.807, 2.05) is 24.4 Å². The zero-order chi connectivity index (χ0) is 12.4. The van der Waals surface area contributed by atoms with Gasteiger partial charge in [-0.1, -0.05) is 12.5 Å². The van der Waals surface area contributed by atoms with Crippen molar-refractivity contribution in [3.05, 3.63) is 35.5 Å². The second-order valence-electron chi connectivity index (χ2n) is 5.11. The molecule has 1 saturated carbocycles. The molecule has 0 saturated heterocycles. The summed E-state index contributed by atoms with van der Waals surface area (Å²) in [4.78, 5) is 3.24. The van der Waals surface area contributed by atoms with Gasteiger partial charge >= 0.3 is 0 Å². The van der Waals surface area contributed by atoms with Crippen LogP contribution in [0.25, 0.3) is 10.9 Å². The molecule has 0 amide bonds. The van der Waals surface area contributed by atoms with Crippen LogP contribution in [0, 0.1) is 17.2 Å². The molecule has 0 atom stereocenters. The number of H-pyrrole nitrogens is 1. The van der Waals surface area contributed by atoms with Crippen molar-refractivity contribution in [3.8, 4) is 6.07 Å². The van der Waals surface area contributed by atoms with Gasteiger partial charge in [0, 0.05) is 23.6 Å². The van der Waals surface area contributed by atoms with Crippen LogP contribution in [-0.4, -0.2) is 11.5 Å². The third kappa shape index (κ3) is 2.12.